The van der Waals surface area contributed by atoms with Gasteiger partial charge in [0.1, 0.15) is 11.5 Å². The molecule has 0 bridgehead atoms. The van der Waals surface area contributed by atoms with Crippen LogP contribution in [0.2, 0.25) is 0 Å². The van der Waals surface area contributed by atoms with E-state index >= 15 is 0 Å². The lowest BCUT2D eigenvalue weighted by Crippen LogP contribution is -2.24. The van der Waals surface area contributed by atoms with Gasteiger partial charge in [-0.05, 0) is 38.2 Å². The topological polar surface area (TPSA) is 93.2 Å². The van der Waals surface area contributed by atoms with Gasteiger partial charge in [-0.25, -0.2) is 4.68 Å². The van der Waals surface area contributed by atoms with Gasteiger partial charge in [-0.1, -0.05) is 37.3 Å². The van der Waals surface area contributed by atoms with Crippen LogP contribution in [0.15, 0.2) is 30.3 Å². The number of nitrogens with zero attached hydrogens (tertiary/aromatic N) is 2. The van der Waals surface area contributed by atoms with Crippen molar-refractivity contribution in [1.82, 2.24) is 9.78 Å². The Morgan fingerprint density at radius 1 is 1.38 bits per heavy atom. The molecule has 6 nitrogen and oxygen atoms in total. The summed E-state index contributed by atoms with van der Waals surface area (Å²) in [5.41, 5.74) is 8.70. The minimum absolute atomic E-state index is 0.221. The number of nitrogen functional groups attached to an aromatic ring is 1. The van der Waals surface area contributed by atoms with Crippen molar-refractivity contribution in [2.24, 2.45) is 0 Å². The molecule has 0 radical (unpaired) electrons. The Morgan fingerprint density at radius 2 is 2.08 bits per heavy atom. The maximum absolute atomic E-state index is 10.8. The monoisotopic (exact) mass is 330 g/mol. The van der Waals surface area contributed by atoms with Crippen LogP contribution in [-0.2, 0) is 17.6 Å². The van der Waals surface area contributed by atoms with E-state index < -0.39 is 6.10 Å². The SMILES string of the molecule is CCc1nn(C(CCCc2ccccc2)C(C)O)c(N)c1NC=O. The predicted octanol–water partition coefficient (Wildman–Crippen LogP) is 2.54. The molecule has 2 atom stereocenters. The first-order chi connectivity index (χ1) is 11.6. The third-order valence-corrected chi connectivity index (χ3v) is 4.24. The molecule has 24 heavy (non-hydrogen) atoms. The van der Waals surface area contributed by atoms with E-state index in [1.54, 1.807) is 11.6 Å². The zero-order valence-electron chi connectivity index (χ0n) is 14.3. The van der Waals surface area contributed by atoms with E-state index in [4.69, 9.17) is 5.73 Å². The molecule has 0 aliphatic carbocycles. The van der Waals surface area contributed by atoms with Crippen molar-refractivity contribution < 1.29 is 9.90 Å². The van der Waals surface area contributed by atoms with Gasteiger partial charge in [0.05, 0.1) is 17.8 Å². The third-order valence-electron chi connectivity index (χ3n) is 4.24. The first kappa shape index (κ1) is 18.0. The van der Waals surface area contributed by atoms with Crippen LogP contribution >= 0.6 is 0 Å². The Morgan fingerprint density at radius 3 is 2.67 bits per heavy atom. The summed E-state index contributed by atoms with van der Waals surface area (Å²) in [6.07, 6.45) is 3.27. The number of nitrogens with one attached hydrogen (secondary N) is 1. The summed E-state index contributed by atoms with van der Waals surface area (Å²) in [7, 11) is 0. The Labute approximate surface area is 142 Å². The number of aromatic nitrogens is 2. The highest BCUT2D eigenvalue weighted by Gasteiger charge is 2.24. The summed E-state index contributed by atoms with van der Waals surface area (Å²) >= 11 is 0. The maximum atomic E-state index is 10.8. The molecular weight excluding hydrogens is 304 g/mol. The second-order valence-corrected chi connectivity index (χ2v) is 5.95. The van der Waals surface area contributed by atoms with E-state index in [0.717, 1.165) is 25.0 Å². The quantitative estimate of drug-likeness (QED) is 0.616. The Kier molecular flexibility index (Phi) is 6.37. The van der Waals surface area contributed by atoms with Crippen molar-refractivity contribution in [2.45, 2.75) is 51.7 Å². The van der Waals surface area contributed by atoms with Crippen LogP contribution in [0.1, 0.15) is 44.0 Å². The number of aliphatic hydroxyl groups is 1. The largest absolute Gasteiger partial charge is 0.391 e. The van der Waals surface area contributed by atoms with Crippen molar-refractivity contribution in [3.8, 4) is 0 Å². The summed E-state index contributed by atoms with van der Waals surface area (Å²) in [6, 6.07) is 10.0. The number of amides is 1. The molecule has 0 aliphatic rings. The van der Waals surface area contributed by atoms with E-state index in [1.807, 2.05) is 25.1 Å². The van der Waals surface area contributed by atoms with Crippen LogP contribution < -0.4 is 11.1 Å². The molecule has 4 N–H and O–H groups in total. The lowest BCUT2D eigenvalue weighted by molar-refractivity contribution is -0.105. The predicted molar refractivity (Wildman–Crippen MR) is 95.8 cm³/mol. The number of aliphatic hydroxyl groups excluding tert-OH is 1. The van der Waals surface area contributed by atoms with E-state index in [1.165, 1.54) is 5.56 Å². The molecule has 0 saturated heterocycles. The first-order valence-corrected chi connectivity index (χ1v) is 8.37. The van der Waals surface area contributed by atoms with Gasteiger partial charge in [-0.2, -0.15) is 5.10 Å². The van der Waals surface area contributed by atoms with Gasteiger partial charge >= 0.3 is 0 Å². The van der Waals surface area contributed by atoms with Crippen LogP contribution in [0.3, 0.4) is 0 Å². The normalized spacial score (nSPS) is 13.5. The van der Waals surface area contributed by atoms with Crippen molar-refractivity contribution >= 4 is 17.9 Å². The van der Waals surface area contributed by atoms with E-state index in [0.29, 0.717) is 24.3 Å². The van der Waals surface area contributed by atoms with Gasteiger partial charge in [-0.15, -0.1) is 0 Å². The number of hydrogen-bond donors (Lipinski definition) is 3. The highest BCUT2D eigenvalue weighted by molar-refractivity contribution is 5.80. The third kappa shape index (κ3) is 4.14. The average molecular weight is 330 g/mol. The van der Waals surface area contributed by atoms with Crippen LogP contribution in [0.5, 0.6) is 0 Å². The molecule has 0 spiro atoms. The molecule has 6 heteroatoms. The molecule has 2 unspecified atom stereocenters. The van der Waals surface area contributed by atoms with Crippen molar-refractivity contribution in [3.63, 3.8) is 0 Å². The van der Waals surface area contributed by atoms with Crippen LogP contribution in [0, 0.1) is 0 Å². The van der Waals surface area contributed by atoms with Gasteiger partial charge in [0.2, 0.25) is 6.41 Å². The molecule has 1 aromatic heterocycles. The average Bonchev–Trinajstić information content (AvgIpc) is 2.89. The fourth-order valence-electron chi connectivity index (χ4n) is 2.94. The van der Waals surface area contributed by atoms with Crippen LogP contribution in [-0.4, -0.2) is 27.4 Å². The molecule has 130 valence electrons. The summed E-state index contributed by atoms with van der Waals surface area (Å²) < 4.78 is 1.65. The molecule has 2 aromatic rings. The first-order valence-electron chi connectivity index (χ1n) is 8.37. The van der Waals surface area contributed by atoms with Gasteiger partial charge < -0.3 is 16.2 Å². The summed E-state index contributed by atoms with van der Waals surface area (Å²) in [4.78, 5) is 10.8. The fraction of sp³-hybridized carbons (Fsp3) is 0.444. The second kappa shape index (κ2) is 8.49. The molecule has 0 saturated carbocycles. The molecular formula is C18H26N4O2. The Hall–Kier alpha value is -2.34. The number of hydrogen-bond acceptors (Lipinski definition) is 4. The molecule has 1 heterocycles. The smallest absolute Gasteiger partial charge is 0.211 e. The maximum Gasteiger partial charge on any atom is 0.211 e. The number of carbonyl (C=O) groups excluding carboxylic acids is 1. The zero-order chi connectivity index (χ0) is 17.5. The molecule has 1 amide bonds. The number of rotatable bonds is 9. The number of benzene rings is 1. The van der Waals surface area contributed by atoms with Crippen molar-refractivity contribution in [3.05, 3.63) is 41.6 Å². The number of carbonyl (C=O) groups is 1. The molecule has 1 aromatic carbocycles. The van der Waals surface area contributed by atoms with E-state index in [-0.39, 0.29) is 6.04 Å². The highest BCUT2D eigenvalue weighted by atomic mass is 16.3. The van der Waals surface area contributed by atoms with Gasteiger partial charge in [-0.3, -0.25) is 4.79 Å². The molecule has 0 aliphatic heterocycles. The van der Waals surface area contributed by atoms with Crippen LogP contribution in [0.4, 0.5) is 11.5 Å². The Balaban J connectivity index is 2.14. The van der Waals surface area contributed by atoms with Gasteiger partial charge in [0.15, 0.2) is 0 Å². The standard InChI is InChI=1S/C18H26N4O2/c1-3-15-17(20-12-23)18(19)22(21-15)16(13(2)24)11-7-10-14-8-5-4-6-9-14/h4-6,8-9,12-13,16,24H,3,7,10-11,19H2,1-2H3,(H,20,23). The second-order valence-electron chi connectivity index (χ2n) is 5.95. The number of aryl methyl sites for hydroxylation is 2. The fourth-order valence-corrected chi connectivity index (χ4v) is 2.94. The van der Waals surface area contributed by atoms with E-state index in [9.17, 15) is 9.90 Å². The van der Waals surface area contributed by atoms with Crippen molar-refractivity contribution in [2.75, 3.05) is 11.1 Å². The van der Waals surface area contributed by atoms with Gasteiger partial charge in [0, 0.05) is 0 Å². The minimum Gasteiger partial charge on any atom is -0.391 e. The molecule has 0 fully saturated rings. The lowest BCUT2D eigenvalue weighted by Gasteiger charge is -2.22. The Bertz CT molecular complexity index is 653. The number of nitrogens with two attached hydrogens (primary N) is 1. The lowest BCUT2D eigenvalue weighted by atomic mass is 10.0. The number of anilines is 2. The molecule has 2 rings (SSSR count). The van der Waals surface area contributed by atoms with E-state index in [2.05, 4.69) is 22.5 Å². The zero-order valence-corrected chi connectivity index (χ0v) is 14.3. The summed E-state index contributed by atoms with van der Waals surface area (Å²) in [5, 5.41) is 17.3. The summed E-state index contributed by atoms with van der Waals surface area (Å²) in [5.74, 6) is 0.393. The summed E-state index contributed by atoms with van der Waals surface area (Å²) in [6.45, 7) is 3.70. The van der Waals surface area contributed by atoms with Crippen LogP contribution in [0.25, 0.3) is 0 Å². The van der Waals surface area contributed by atoms with Gasteiger partial charge in [0.25, 0.3) is 0 Å². The van der Waals surface area contributed by atoms with Crippen molar-refractivity contribution in [1.29, 1.82) is 0 Å². The minimum atomic E-state index is -0.586. The highest BCUT2D eigenvalue weighted by Crippen LogP contribution is 2.30.